The Hall–Kier alpha value is -1.66. The Balaban J connectivity index is 2.75. The highest BCUT2D eigenvalue weighted by atomic mass is 16.6. The molecule has 118 valence electrons. The van der Waals surface area contributed by atoms with Gasteiger partial charge in [-0.3, -0.25) is 4.79 Å². The van der Waals surface area contributed by atoms with Gasteiger partial charge in [-0.2, -0.15) is 0 Å². The lowest BCUT2D eigenvalue weighted by molar-refractivity contribution is -0.170. The SMILES string of the molecule is C/C=C(\C)C(=O)O[C@@H]1CCC(=O)O[C@@H]1/C=C\[C@H](O)[C@@H](C)O. The van der Waals surface area contributed by atoms with Crippen LogP contribution >= 0.6 is 0 Å². The Morgan fingerprint density at radius 1 is 1.48 bits per heavy atom. The van der Waals surface area contributed by atoms with Crippen molar-refractivity contribution in [3.63, 3.8) is 0 Å². The van der Waals surface area contributed by atoms with Gasteiger partial charge in [-0.05, 0) is 33.3 Å². The highest BCUT2D eigenvalue weighted by molar-refractivity contribution is 5.87. The van der Waals surface area contributed by atoms with Crippen molar-refractivity contribution >= 4 is 11.9 Å². The Morgan fingerprint density at radius 3 is 2.71 bits per heavy atom. The molecule has 1 heterocycles. The zero-order valence-electron chi connectivity index (χ0n) is 12.5. The van der Waals surface area contributed by atoms with E-state index in [1.807, 2.05) is 0 Å². The minimum atomic E-state index is -1.07. The van der Waals surface area contributed by atoms with Crippen LogP contribution in [-0.4, -0.2) is 46.6 Å². The first-order valence-electron chi connectivity index (χ1n) is 6.93. The van der Waals surface area contributed by atoms with E-state index in [9.17, 15) is 19.8 Å². The largest absolute Gasteiger partial charge is 0.455 e. The lowest BCUT2D eigenvalue weighted by Crippen LogP contribution is -2.39. The maximum atomic E-state index is 11.8. The van der Waals surface area contributed by atoms with Gasteiger partial charge >= 0.3 is 11.9 Å². The summed E-state index contributed by atoms with van der Waals surface area (Å²) in [5, 5.41) is 18.7. The quantitative estimate of drug-likeness (QED) is 0.444. The summed E-state index contributed by atoms with van der Waals surface area (Å²) < 4.78 is 10.4. The molecule has 0 aromatic rings. The number of esters is 2. The van der Waals surface area contributed by atoms with Gasteiger partial charge in [-0.15, -0.1) is 0 Å². The summed E-state index contributed by atoms with van der Waals surface area (Å²) in [5.74, 6) is -0.846. The predicted molar refractivity (Wildman–Crippen MR) is 75.3 cm³/mol. The number of ether oxygens (including phenoxy) is 2. The van der Waals surface area contributed by atoms with Crippen LogP contribution in [-0.2, 0) is 19.1 Å². The molecular formula is C15H22O6. The van der Waals surface area contributed by atoms with Gasteiger partial charge in [0, 0.05) is 12.0 Å². The highest BCUT2D eigenvalue weighted by Crippen LogP contribution is 2.21. The number of carbonyl (C=O) groups excluding carboxylic acids is 2. The van der Waals surface area contributed by atoms with Crippen molar-refractivity contribution in [3.8, 4) is 0 Å². The van der Waals surface area contributed by atoms with E-state index in [-0.39, 0.29) is 12.4 Å². The van der Waals surface area contributed by atoms with Crippen LogP contribution in [0.15, 0.2) is 23.8 Å². The van der Waals surface area contributed by atoms with Crippen LogP contribution in [0.5, 0.6) is 0 Å². The molecule has 21 heavy (non-hydrogen) atoms. The third-order valence-electron chi connectivity index (χ3n) is 3.27. The van der Waals surface area contributed by atoms with Crippen LogP contribution in [0.1, 0.15) is 33.6 Å². The fourth-order valence-electron chi connectivity index (χ4n) is 1.73. The van der Waals surface area contributed by atoms with E-state index in [1.54, 1.807) is 19.9 Å². The van der Waals surface area contributed by atoms with Crippen molar-refractivity contribution in [1.82, 2.24) is 0 Å². The minimum Gasteiger partial charge on any atom is -0.455 e. The van der Waals surface area contributed by atoms with Gasteiger partial charge in [0.2, 0.25) is 0 Å². The van der Waals surface area contributed by atoms with E-state index in [2.05, 4.69) is 0 Å². The molecular weight excluding hydrogens is 276 g/mol. The van der Waals surface area contributed by atoms with E-state index in [0.29, 0.717) is 12.0 Å². The van der Waals surface area contributed by atoms with E-state index in [1.165, 1.54) is 19.1 Å². The van der Waals surface area contributed by atoms with Crippen LogP contribution in [0.2, 0.25) is 0 Å². The normalized spacial score (nSPS) is 26.3. The molecule has 6 heteroatoms. The monoisotopic (exact) mass is 298 g/mol. The summed E-state index contributed by atoms with van der Waals surface area (Å²) in [6, 6.07) is 0. The first kappa shape index (κ1) is 17.4. The van der Waals surface area contributed by atoms with Crippen molar-refractivity contribution in [2.75, 3.05) is 0 Å². The van der Waals surface area contributed by atoms with E-state index < -0.39 is 30.4 Å². The summed E-state index contributed by atoms with van der Waals surface area (Å²) >= 11 is 0. The Bertz CT molecular complexity index is 437. The number of aliphatic hydroxyl groups is 2. The molecule has 1 aliphatic heterocycles. The highest BCUT2D eigenvalue weighted by Gasteiger charge is 2.32. The van der Waals surface area contributed by atoms with Crippen molar-refractivity contribution < 1.29 is 29.3 Å². The van der Waals surface area contributed by atoms with Gasteiger partial charge in [0.15, 0.2) is 6.10 Å². The molecule has 6 nitrogen and oxygen atoms in total. The third-order valence-corrected chi connectivity index (χ3v) is 3.27. The molecule has 0 aromatic heterocycles. The molecule has 1 rings (SSSR count). The summed E-state index contributed by atoms with van der Waals surface area (Å²) in [6.07, 6.45) is 1.59. The number of carbonyl (C=O) groups is 2. The number of hydrogen-bond acceptors (Lipinski definition) is 6. The Morgan fingerprint density at radius 2 is 2.14 bits per heavy atom. The summed E-state index contributed by atoms with van der Waals surface area (Å²) in [5.41, 5.74) is 0.471. The summed E-state index contributed by atoms with van der Waals surface area (Å²) in [7, 11) is 0. The van der Waals surface area contributed by atoms with Gasteiger partial charge in [0.05, 0.1) is 12.2 Å². The fourth-order valence-corrected chi connectivity index (χ4v) is 1.73. The number of aliphatic hydroxyl groups excluding tert-OH is 2. The van der Waals surface area contributed by atoms with Crippen molar-refractivity contribution in [1.29, 1.82) is 0 Å². The van der Waals surface area contributed by atoms with E-state index in [4.69, 9.17) is 9.47 Å². The van der Waals surface area contributed by atoms with Gasteiger partial charge in [-0.25, -0.2) is 4.79 Å². The Kier molecular flexibility index (Phi) is 6.58. The van der Waals surface area contributed by atoms with E-state index in [0.717, 1.165) is 0 Å². The van der Waals surface area contributed by atoms with Crippen molar-refractivity contribution in [2.24, 2.45) is 0 Å². The molecule has 0 aliphatic carbocycles. The van der Waals surface area contributed by atoms with Crippen LogP contribution in [0.4, 0.5) is 0 Å². The minimum absolute atomic E-state index is 0.177. The molecule has 0 spiro atoms. The molecule has 1 saturated heterocycles. The second-order valence-corrected chi connectivity index (χ2v) is 5.02. The molecule has 0 saturated carbocycles. The maximum Gasteiger partial charge on any atom is 0.333 e. The lowest BCUT2D eigenvalue weighted by Gasteiger charge is -2.29. The smallest absolute Gasteiger partial charge is 0.333 e. The van der Waals surface area contributed by atoms with Crippen LogP contribution in [0.3, 0.4) is 0 Å². The number of allylic oxidation sites excluding steroid dienone is 1. The van der Waals surface area contributed by atoms with Gasteiger partial charge < -0.3 is 19.7 Å². The molecule has 0 amide bonds. The topological polar surface area (TPSA) is 93.1 Å². The Labute approximate surface area is 124 Å². The first-order chi connectivity index (χ1) is 9.85. The summed E-state index contributed by atoms with van der Waals surface area (Å²) in [4.78, 5) is 23.1. The van der Waals surface area contributed by atoms with Crippen molar-refractivity contribution in [3.05, 3.63) is 23.8 Å². The standard InChI is InChI=1S/C15H22O6/c1-4-9(2)15(19)21-13-7-8-14(18)20-12(13)6-5-11(17)10(3)16/h4-6,10-13,16-17H,7-8H2,1-3H3/b6-5-,9-4+/t10-,11+,12-,13-/m1/s1. The van der Waals surface area contributed by atoms with Gasteiger partial charge in [-0.1, -0.05) is 12.2 Å². The number of hydrogen-bond donors (Lipinski definition) is 2. The number of cyclic esters (lactones) is 1. The zero-order chi connectivity index (χ0) is 16.0. The van der Waals surface area contributed by atoms with Gasteiger partial charge in [0.1, 0.15) is 6.10 Å². The fraction of sp³-hybridized carbons (Fsp3) is 0.600. The average Bonchev–Trinajstić information content (AvgIpc) is 2.45. The van der Waals surface area contributed by atoms with Crippen LogP contribution in [0.25, 0.3) is 0 Å². The molecule has 4 atom stereocenters. The lowest BCUT2D eigenvalue weighted by atomic mass is 10.0. The zero-order valence-corrected chi connectivity index (χ0v) is 12.5. The molecule has 0 unspecified atom stereocenters. The van der Waals surface area contributed by atoms with E-state index >= 15 is 0 Å². The van der Waals surface area contributed by atoms with Crippen LogP contribution < -0.4 is 0 Å². The number of rotatable bonds is 5. The second-order valence-electron chi connectivity index (χ2n) is 5.02. The molecule has 1 fully saturated rings. The van der Waals surface area contributed by atoms with Gasteiger partial charge in [0.25, 0.3) is 0 Å². The molecule has 0 radical (unpaired) electrons. The summed E-state index contributed by atoms with van der Waals surface area (Å²) in [6.45, 7) is 4.81. The molecule has 1 aliphatic rings. The predicted octanol–water partition coefficient (Wildman–Crippen LogP) is 0.868. The average molecular weight is 298 g/mol. The third kappa shape index (κ3) is 5.32. The molecule has 0 bridgehead atoms. The second kappa shape index (κ2) is 7.95. The molecule has 2 N–H and O–H groups in total. The maximum absolute atomic E-state index is 11.8. The van der Waals surface area contributed by atoms with Crippen LogP contribution in [0, 0.1) is 0 Å². The van der Waals surface area contributed by atoms with Crippen molar-refractivity contribution in [2.45, 2.75) is 58.0 Å². The molecule has 0 aromatic carbocycles. The first-order valence-corrected chi connectivity index (χ1v) is 6.93.